The lowest BCUT2D eigenvalue weighted by molar-refractivity contribution is 0.505. The first-order chi connectivity index (χ1) is 8.24. The Morgan fingerprint density at radius 2 is 2.29 bits per heavy atom. The molecule has 0 aliphatic rings. The van der Waals surface area contributed by atoms with Gasteiger partial charge < -0.3 is 10.2 Å². The van der Waals surface area contributed by atoms with E-state index in [9.17, 15) is 0 Å². The van der Waals surface area contributed by atoms with Gasteiger partial charge >= 0.3 is 0 Å². The lowest BCUT2D eigenvalue weighted by Gasteiger charge is -2.09. The highest BCUT2D eigenvalue weighted by atomic mass is 16.3. The summed E-state index contributed by atoms with van der Waals surface area (Å²) in [7, 11) is 0. The predicted molar refractivity (Wildman–Crippen MR) is 66.6 cm³/mol. The van der Waals surface area contributed by atoms with Crippen molar-refractivity contribution in [3.05, 3.63) is 41.6 Å². The third-order valence-corrected chi connectivity index (χ3v) is 2.97. The van der Waals surface area contributed by atoms with Gasteiger partial charge in [-0.2, -0.15) is 5.10 Å². The Morgan fingerprint density at radius 3 is 2.94 bits per heavy atom. The SMILES string of the molecule is CCc1occc1C(N)Cc1cnn(CC)c1. The van der Waals surface area contributed by atoms with Gasteiger partial charge in [-0.1, -0.05) is 6.92 Å². The Bertz CT molecular complexity index is 472. The lowest BCUT2D eigenvalue weighted by Crippen LogP contribution is -2.13. The average Bonchev–Trinajstić information content (AvgIpc) is 2.96. The second kappa shape index (κ2) is 5.19. The maximum absolute atomic E-state index is 6.20. The summed E-state index contributed by atoms with van der Waals surface area (Å²) in [6.07, 6.45) is 7.32. The van der Waals surface area contributed by atoms with Crippen LogP contribution >= 0.6 is 0 Å². The first-order valence-corrected chi connectivity index (χ1v) is 6.07. The Hall–Kier alpha value is -1.55. The molecule has 2 heterocycles. The molecule has 0 saturated heterocycles. The van der Waals surface area contributed by atoms with Crippen LogP contribution in [0.2, 0.25) is 0 Å². The summed E-state index contributed by atoms with van der Waals surface area (Å²) >= 11 is 0. The molecule has 2 aromatic rings. The first-order valence-electron chi connectivity index (χ1n) is 6.07. The lowest BCUT2D eigenvalue weighted by atomic mass is 10.0. The van der Waals surface area contributed by atoms with Crippen molar-refractivity contribution in [1.82, 2.24) is 9.78 Å². The molecule has 0 aliphatic heterocycles. The molecule has 2 N–H and O–H groups in total. The molecule has 0 radical (unpaired) electrons. The highest BCUT2D eigenvalue weighted by Gasteiger charge is 2.14. The van der Waals surface area contributed by atoms with Gasteiger partial charge in [0.2, 0.25) is 0 Å². The number of hydrogen-bond donors (Lipinski definition) is 1. The van der Waals surface area contributed by atoms with E-state index >= 15 is 0 Å². The van der Waals surface area contributed by atoms with E-state index in [0.29, 0.717) is 0 Å². The zero-order valence-electron chi connectivity index (χ0n) is 10.4. The Labute approximate surface area is 101 Å². The van der Waals surface area contributed by atoms with Crippen molar-refractivity contribution in [2.45, 2.75) is 39.3 Å². The quantitative estimate of drug-likeness (QED) is 0.862. The molecule has 2 rings (SSSR count). The van der Waals surface area contributed by atoms with E-state index in [4.69, 9.17) is 10.2 Å². The number of rotatable bonds is 5. The van der Waals surface area contributed by atoms with Crippen LogP contribution in [0.4, 0.5) is 0 Å². The Kier molecular flexibility index (Phi) is 3.64. The summed E-state index contributed by atoms with van der Waals surface area (Å²) in [5, 5.41) is 4.25. The van der Waals surface area contributed by atoms with Gasteiger partial charge in [0.1, 0.15) is 5.76 Å². The molecular formula is C13H19N3O. The zero-order chi connectivity index (χ0) is 12.3. The molecule has 1 unspecified atom stereocenters. The molecule has 0 spiro atoms. The van der Waals surface area contributed by atoms with Gasteiger partial charge in [-0.05, 0) is 25.0 Å². The number of hydrogen-bond acceptors (Lipinski definition) is 3. The molecule has 0 saturated carbocycles. The highest BCUT2D eigenvalue weighted by Crippen LogP contribution is 2.21. The van der Waals surface area contributed by atoms with Crippen LogP contribution in [0.3, 0.4) is 0 Å². The van der Waals surface area contributed by atoms with E-state index in [1.54, 1.807) is 6.26 Å². The van der Waals surface area contributed by atoms with Crippen molar-refractivity contribution in [2.24, 2.45) is 5.73 Å². The van der Waals surface area contributed by atoms with Crippen molar-refractivity contribution in [3.8, 4) is 0 Å². The summed E-state index contributed by atoms with van der Waals surface area (Å²) in [6, 6.07) is 1.95. The van der Waals surface area contributed by atoms with Gasteiger partial charge in [-0.15, -0.1) is 0 Å². The van der Waals surface area contributed by atoms with Crippen LogP contribution in [-0.4, -0.2) is 9.78 Å². The minimum Gasteiger partial charge on any atom is -0.469 e. The Balaban J connectivity index is 2.08. The summed E-state index contributed by atoms with van der Waals surface area (Å²) in [6.45, 7) is 5.04. The second-order valence-corrected chi connectivity index (χ2v) is 4.17. The molecular weight excluding hydrogens is 214 g/mol. The van der Waals surface area contributed by atoms with E-state index in [1.807, 2.05) is 23.1 Å². The smallest absolute Gasteiger partial charge is 0.108 e. The van der Waals surface area contributed by atoms with Crippen LogP contribution < -0.4 is 5.73 Å². The minimum absolute atomic E-state index is 0.0155. The fraction of sp³-hybridized carbons (Fsp3) is 0.462. The number of nitrogens with zero attached hydrogens (tertiary/aromatic N) is 2. The molecule has 1 atom stereocenters. The molecule has 2 aromatic heterocycles. The summed E-state index contributed by atoms with van der Waals surface area (Å²) in [5.41, 5.74) is 8.48. The number of furan rings is 1. The largest absolute Gasteiger partial charge is 0.469 e. The van der Waals surface area contributed by atoms with Gasteiger partial charge in [-0.3, -0.25) is 4.68 Å². The second-order valence-electron chi connectivity index (χ2n) is 4.17. The minimum atomic E-state index is -0.0155. The van der Waals surface area contributed by atoms with E-state index in [2.05, 4.69) is 18.9 Å². The van der Waals surface area contributed by atoms with Gasteiger partial charge in [0.05, 0.1) is 12.5 Å². The molecule has 0 amide bonds. The van der Waals surface area contributed by atoms with Crippen LogP contribution in [0, 0.1) is 0 Å². The zero-order valence-corrected chi connectivity index (χ0v) is 10.4. The number of aryl methyl sites for hydroxylation is 2. The number of nitrogens with two attached hydrogens (primary N) is 1. The molecule has 4 nitrogen and oxygen atoms in total. The van der Waals surface area contributed by atoms with Gasteiger partial charge in [0, 0.05) is 30.8 Å². The van der Waals surface area contributed by atoms with Crippen molar-refractivity contribution < 1.29 is 4.42 Å². The standard InChI is InChI=1S/C13H19N3O/c1-3-13-11(5-6-17-13)12(14)7-10-8-15-16(4-2)9-10/h5-6,8-9,12H,3-4,7,14H2,1-2H3. The van der Waals surface area contributed by atoms with Crippen molar-refractivity contribution in [3.63, 3.8) is 0 Å². The van der Waals surface area contributed by atoms with Crippen molar-refractivity contribution >= 4 is 0 Å². The maximum atomic E-state index is 6.20. The third kappa shape index (κ3) is 2.58. The summed E-state index contributed by atoms with van der Waals surface area (Å²) < 4.78 is 7.31. The Morgan fingerprint density at radius 1 is 1.47 bits per heavy atom. The third-order valence-electron chi connectivity index (χ3n) is 2.97. The highest BCUT2D eigenvalue weighted by molar-refractivity contribution is 5.23. The topological polar surface area (TPSA) is 57.0 Å². The van der Waals surface area contributed by atoms with Gasteiger partial charge in [-0.25, -0.2) is 0 Å². The molecule has 0 fully saturated rings. The summed E-state index contributed by atoms with van der Waals surface area (Å²) in [4.78, 5) is 0. The van der Waals surface area contributed by atoms with E-state index in [0.717, 1.165) is 30.7 Å². The summed E-state index contributed by atoms with van der Waals surface area (Å²) in [5.74, 6) is 0.986. The fourth-order valence-corrected chi connectivity index (χ4v) is 2.02. The first kappa shape index (κ1) is 11.9. The van der Waals surface area contributed by atoms with Crippen LogP contribution in [0.5, 0.6) is 0 Å². The molecule has 92 valence electrons. The number of aromatic nitrogens is 2. The van der Waals surface area contributed by atoms with Gasteiger partial charge in [0.25, 0.3) is 0 Å². The van der Waals surface area contributed by atoms with Crippen LogP contribution in [0.1, 0.15) is 36.8 Å². The fourth-order valence-electron chi connectivity index (χ4n) is 2.02. The predicted octanol–water partition coefficient (Wildman–Crippen LogP) is 2.30. The molecule has 0 bridgehead atoms. The van der Waals surface area contributed by atoms with E-state index in [1.165, 1.54) is 5.56 Å². The molecule has 0 aromatic carbocycles. The van der Waals surface area contributed by atoms with E-state index < -0.39 is 0 Å². The van der Waals surface area contributed by atoms with Crippen LogP contribution in [0.25, 0.3) is 0 Å². The van der Waals surface area contributed by atoms with Gasteiger partial charge in [0.15, 0.2) is 0 Å². The van der Waals surface area contributed by atoms with Crippen LogP contribution in [0.15, 0.2) is 29.1 Å². The van der Waals surface area contributed by atoms with E-state index in [-0.39, 0.29) is 6.04 Å². The van der Waals surface area contributed by atoms with Crippen molar-refractivity contribution in [1.29, 1.82) is 0 Å². The van der Waals surface area contributed by atoms with Crippen LogP contribution in [-0.2, 0) is 19.4 Å². The maximum Gasteiger partial charge on any atom is 0.108 e. The molecule has 0 aliphatic carbocycles. The average molecular weight is 233 g/mol. The molecule has 17 heavy (non-hydrogen) atoms. The monoisotopic (exact) mass is 233 g/mol. The van der Waals surface area contributed by atoms with Crippen molar-refractivity contribution in [2.75, 3.05) is 0 Å². The normalized spacial score (nSPS) is 12.9. The molecule has 4 heteroatoms.